The van der Waals surface area contributed by atoms with E-state index in [-0.39, 0.29) is 24.3 Å². The molecule has 0 saturated carbocycles. The van der Waals surface area contributed by atoms with Gasteiger partial charge in [0.25, 0.3) is 0 Å². The average molecular weight is 359 g/mol. The zero-order valence-corrected chi connectivity index (χ0v) is 14.8. The number of carbonyl (C=O) groups excluding carboxylic acids is 2. The maximum Gasteiger partial charge on any atom is 0.230 e. The Morgan fingerprint density at radius 3 is 2.60 bits per heavy atom. The number of hydrogen-bond donors (Lipinski definition) is 1. The Morgan fingerprint density at radius 2 is 1.96 bits per heavy atom. The summed E-state index contributed by atoms with van der Waals surface area (Å²) in [7, 11) is 3.27. The van der Waals surface area contributed by atoms with Crippen LogP contribution in [0.2, 0.25) is 5.02 Å². The first-order valence-electron chi connectivity index (χ1n) is 7.96. The van der Waals surface area contributed by atoms with Gasteiger partial charge in [0.1, 0.15) is 5.75 Å². The lowest BCUT2D eigenvalue weighted by molar-refractivity contribution is -0.127. The highest BCUT2D eigenvalue weighted by Crippen LogP contribution is 2.38. The Hall–Kier alpha value is -2.53. The molecule has 1 fully saturated rings. The summed E-state index contributed by atoms with van der Waals surface area (Å²) < 4.78 is 5.11. The van der Waals surface area contributed by atoms with E-state index in [0.29, 0.717) is 16.5 Å². The zero-order chi connectivity index (χ0) is 18.0. The van der Waals surface area contributed by atoms with Crippen LogP contribution in [-0.4, -0.2) is 30.9 Å². The molecule has 2 aromatic rings. The minimum Gasteiger partial charge on any atom is -0.495 e. The van der Waals surface area contributed by atoms with Gasteiger partial charge in [-0.3, -0.25) is 9.59 Å². The van der Waals surface area contributed by atoms with Crippen molar-refractivity contribution in [2.45, 2.75) is 12.5 Å². The van der Waals surface area contributed by atoms with E-state index >= 15 is 0 Å². The SMILES string of the molecule is COc1ccc(NC(=O)[C@H]2CC(=O)N(C)[C@@H]2c2ccccc2)cc1Cl. The number of hydrogen-bond acceptors (Lipinski definition) is 3. The van der Waals surface area contributed by atoms with Gasteiger partial charge in [-0.15, -0.1) is 0 Å². The van der Waals surface area contributed by atoms with Crippen molar-refractivity contribution >= 4 is 29.1 Å². The van der Waals surface area contributed by atoms with Gasteiger partial charge in [0.2, 0.25) is 11.8 Å². The number of rotatable bonds is 4. The summed E-state index contributed by atoms with van der Waals surface area (Å²) in [5.74, 6) is -0.159. The topological polar surface area (TPSA) is 58.6 Å². The molecule has 1 saturated heterocycles. The van der Waals surface area contributed by atoms with Crippen LogP contribution >= 0.6 is 11.6 Å². The third kappa shape index (κ3) is 3.46. The third-order valence-electron chi connectivity index (χ3n) is 4.48. The summed E-state index contributed by atoms with van der Waals surface area (Å²) in [6.07, 6.45) is 0.186. The fraction of sp³-hybridized carbons (Fsp3) is 0.263. The second-order valence-corrected chi connectivity index (χ2v) is 6.42. The van der Waals surface area contributed by atoms with Crippen LogP contribution < -0.4 is 10.1 Å². The van der Waals surface area contributed by atoms with Gasteiger partial charge in [0.05, 0.1) is 24.1 Å². The van der Waals surface area contributed by atoms with Crippen molar-refractivity contribution in [1.29, 1.82) is 0 Å². The summed E-state index contributed by atoms with van der Waals surface area (Å²) in [5, 5.41) is 3.28. The van der Waals surface area contributed by atoms with E-state index in [4.69, 9.17) is 16.3 Å². The first-order valence-corrected chi connectivity index (χ1v) is 8.34. The van der Waals surface area contributed by atoms with E-state index in [9.17, 15) is 9.59 Å². The van der Waals surface area contributed by atoms with Gasteiger partial charge in [-0.25, -0.2) is 0 Å². The molecule has 0 radical (unpaired) electrons. The molecule has 2 atom stereocenters. The minimum atomic E-state index is -0.458. The van der Waals surface area contributed by atoms with Crippen molar-refractivity contribution in [3.05, 3.63) is 59.1 Å². The van der Waals surface area contributed by atoms with Crippen LogP contribution in [0.4, 0.5) is 5.69 Å². The highest BCUT2D eigenvalue weighted by molar-refractivity contribution is 6.32. The number of ether oxygens (including phenoxy) is 1. The molecule has 130 valence electrons. The third-order valence-corrected chi connectivity index (χ3v) is 4.78. The number of amides is 2. The number of methoxy groups -OCH3 is 1. The summed E-state index contributed by atoms with van der Waals surface area (Å²) in [6, 6.07) is 14.4. The number of halogens is 1. The molecule has 1 heterocycles. The first-order chi connectivity index (χ1) is 12.0. The molecule has 1 aliphatic rings. The van der Waals surface area contributed by atoms with Crippen molar-refractivity contribution in [1.82, 2.24) is 4.90 Å². The molecule has 25 heavy (non-hydrogen) atoms. The second kappa shape index (κ2) is 7.15. The van der Waals surface area contributed by atoms with Crippen molar-refractivity contribution in [3.8, 4) is 5.75 Å². The number of nitrogens with zero attached hydrogens (tertiary/aromatic N) is 1. The predicted octanol–water partition coefficient (Wildman–Crippen LogP) is 3.51. The number of anilines is 1. The number of benzene rings is 2. The van der Waals surface area contributed by atoms with Gasteiger partial charge in [-0.05, 0) is 23.8 Å². The average Bonchev–Trinajstić information content (AvgIpc) is 2.91. The number of nitrogens with one attached hydrogen (secondary N) is 1. The molecule has 5 nitrogen and oxygen atoms in total. The molecule has 2 amide bonds. The van der Waals surface area contributed by atoms with Crippen LogP contribution in [-0.2, 0) is 9.59 Å². The van der Waals surface area contributed by atoms with Crippen molar-refractivity contribution in [2.75, 3.05) is 19.5 Å². The zero-order valence-electron chi connectivity index (χ0n) is 14.0. The van der Waals surface area contributed by atoms with E-state index in [1.165, 1.54) is 7.11 Å². The van der Waals surface area contributed by atoms with Crippen LogP contribution in [0.1, 0.15) is 18.0 Å². The summed E-state index contributed by atoms with van der Waals surface area (Å²) >= 11 is 6.10. The molecule has 0 aromatic heterocycles. The largest absolute Gasteiger partial charge is 0.495 e. The van der Waals surface area contributed by atoms with Crippen LogP contribution in [0.3, 0.4) is 0 Å². The maximum atomic E-state index is 12.8. The molecule has 0 spiro atoms. The Kier molecular flexibility index (Phi) is 4.95. The standard InChI is InChI=1S/C19H19ClN2O3/c1-22-17(23)11-14(18(22)12-6-4-3-5-7-12)19(24)21-13-8-9-16(25-2)15(20)10-13/h3-10,14,18H,11H2,1-2H3,(H,21,24)/t14-,18+/m0/s1. The number of carbonyl (C=O) groups is 2. The Balaban J connectivity index is 1.82. The fourth-order valence-electron chi connectivity index (χ4n) is 3.19. The van der Waals surface area contributed by atoms with Crippen LogP contribution in [0.15, 0.2) is 48.5 Å². The van der Waals surface area contributed by atoms with E-state index < -0.39 is 5.92 Å². The molecule has 0 bridgehead atoms. The second-order valence-electron chi connectivity index (χ2n) is 6.01. The Labute approximate surface area is 151 Å². The van der Waals surface area contributed by atoms with Crippen LogP contribution in [0, 0.1) is 5.92 Å². The first kappa shape index (κ1) is 17.3. The molecule has 0 unspecified atom stereocenters. The van der Waals surface area contributed by atoms with Gasteiger partial charge in [0, 0.05) is 19.2 Å². The minimum absolute atomic E-state index is 0.0400. The van der Waals surface area contributed by atoms with E-state index in [1.54, 1.807) is 30.1 Å². The van der Waals surface area contributed by atoms with E-state index in [0.717, 1.165) is 5.56 Å². The molecular weight excluding hydrogens is 340 g/mol. The fourth-order valence-corrected chi connectivity index (χ4v) is 3.45. The summed E-state index contributed by atoms with van der Waals surface area (Å²) in [4.78, 5) is 26.6. The van der Waals surface area contributed by atoms with Crippen molar-refractivity contribution in [3.63, 3.8) is 0 Å². The normalized spacial score (nSPS) is 19.8. The molecule has 1 aliphatic heterocycles. The lowest BCUT2D eigenvalue weighted by Gasteiger charge is -2.25. The Morgan fingerprint density at radius 1 is 1.24 bits per heavy atom. The molecule has 6 heteroatoms. The van der Waals surface area contributed by atoms with Crippen LogP contribution in [0.5, 0.6) is 5.75 Å². The quantitative estimate of drug-likeness (QED) is 0.909. The number of likely N-dealkylation sites (tertiary alicyclic amines) is 1. The highest BCUT2D eigenvalue weighted by Gasteiger charge is 2.42. The lowest BCUT2D eigenvalue weighted by Crippen LogP contribution is -2.30. The van der Waals surface area contributed by atoms with E-state index in [1.807, 2.05) is 30.3 Å². The van der Waals surface area contributed by atoms with Gasteiger partial charge >= 0.3 is 0 Å². The lowest BCUT2D eigenvalue weighted by atomic mass is 9.93. The molecule has 2 aromatic carbocycles. The molecule has 0 aliphatic carbocycles. The van der Waals surface area contributed by atoms with Gasteiger partial charge in [0.15, 0.2) is 0 Å². The van der Waals surface area contributed by atoms with Gasteiger partial charge in [-0.2, -0.15) is 0 Å². The van der Waals surface area contributed by atoms with Crippen molar-refractivity contribution in [2.24, 2.45) is 5.92 Å². The van der Waals surface area contributed by atoms with Gasteiger partial charge < -0.3 is 15.0 Å². The maximum absolute atomic E-state index is 12.8. The summed E-state index contributed by atoms with van der Waals surface area (Å²) in [6.45, 7) is 0. The molecule has 1 N–H and O–H groups in total. The van der Waals surface area contributed by atoms with Gasteiger partial charge in [-0.1, -0.05) is 41.9 Å². The van der Waals surface area contributed by atoms with Crippen LogP contribution in [0.25, 0.3) is 0 Å². The predicted molar refractivity (Wildman–Crippen MR) is 96.7 cm³/mol. The smallest absolute Gasteiger partial charge is 0.230 e. The monoisotopic (exact) mass is 358 g/mol. The van der Waals surface area contributed by atoms with Crippen molar-refractivity contribution < 1.29 is 14.3 Å². The van der Waals surface area contributed by atoms with E-state index in [2.05, 4.69) is 5.32 Å². The summed E-state index contributed by atoms with van der Waals surface area (Å²) in [5.41, 5.74) is 1.52. The Bertz CT molecular complexity index is 795. The molecule has 3 rings (SSSR count). The highest BCUT2D eigenvalue weighted by atomic mass is 35.5. The molecular formula is C19H19ClN2O3.